The summed E-state index contributed by atoms with van der Waals surface area (Å²) in [4.78, 5) is 13.3. The van der Waals surface area contributed by atoms with Crippen molar-refractivity contribution in [2.75, 3.05) is 25.9 Å². The average molecular weight is 369 g/mol. The summed E-state index contributed by atoms with van der Waals surface area (Å²) in [6.07, 6.45) is 0. The summed E-state index contributed by atoms with van der Waals surface area (Å²) >= 11 is 5.90. The molecule has 0 aliphatic heterocycles. The van der Waals surface area contributed by atoms with Crippen molar-refractivity contribution >= 4 is 33.2 Å². The van der Waals surface area contributed by atoms with E-state index in [-0.39, 0.29) is 16.5 Å². The van der Waals surface area contributed by atoms with Crippen molar-refractivity contribution in [1.29, 1.82) is 0 Å². The maximum Gasteiger partial charge on any atom is 0.262 e. The van der Waals surface area contributed by atoms with Crippen LogP contribution in [0.1, 0.15) is 10.4 Å². The van der Waals surface area contributed by atoms with Crippen molar-refractivity contribution in [1.82, 2.24) is 4.90 Å². The van der Waals surface area contributed by atoms with E-state index in [2.05, 4.69) is 4.72 Å². The lowest BCUT2D eigenvalue weighted by Crippen LogP contribution is -2.21. The molecule has 0 saturated heterocycles. The first-order valence-corrected chi connectivity index (χ1v) is 8.79. The van der Waals surface area contributed by atoms with Gasteiger partial charge in [-0.2, -0.15) is 0 Å². The van der Waals surface area contributed by atoms with Crippen molar-refractivity contribution < 1.29 is 17.9 Å². The topological polar surface area (TPSA) is 75.7 Å². The third-order valence-electron chi connectivity index (χ3n) is 3.22. The van der Waals surface area contributed by atoms with E-state index in [4.69, 9.17) is 16.3 Å². The van der Waals surface area contributed by atoms with Crippen molar-refractivity contribution in [2.24, 2.45) is 0 Å². The molecule has 0 aliphatic carbocycles. The zero-order valence-corrected chi connectivity index (χ0v) is 15.0. The highest BCUT2D eigenvalue weighted by atomic mass is 35.5. The van der Waals surface area contributed by atoms with Crippen LogP contribution in [0, 0.1) is 0 Å². The number of hydrogen-bond acceptors (Lipinski definition) is 4. The molecule has 0 bridgehead atoms. The number of halogens is 1. The Kier molecular flexibility index (Phi) is 5.36. The van der Waals surface area contributed by atoms with Crippen molar-refractivity contribution in [3.8, 4) is 5.75 Å². The number of ether oxygens (including phenoxy) is 1. The summed E-state index contributed by atoms with van der Waals surface area (Å²) < 4.78 is 32.5. The number of hydrogen-bond donors (Lipinski definition) is 1. The predicted octanol–water partition coefficient (Wildman–Crippen LogP) is 2.85. The minimum absolute atomic E-state index is 0.0276. The molecule has 0 aliphatic rings. The normalized spacial score (nSPS) is 11.0. The second kappa shape index (κ2) is 7.11. The standard InChI is InChI=1S/C16H17ClN2O4S/c1-19(2)16(20)11-4-7-13(8-5-11)24(21,22)18-14-10-12(17)6-9-15(14)23-3/h4-10,18H,1-3H3. The Morgan fingerprint density at radius 3 is 2.29 bits per heavy atom. The first-order valence-electron chi connectivity index (χ1n) is 6.92. The van der Waals surface area contributed by atoms with Crippen LogP contribution in [0.3, 0.4) is 0 Å². The molecular weight excluding hydrogens is 352 g/mol. The molecule has 8 heteroatoms. The number of benzene rings is 2. The number of methoxy groups -OCH3 is 1. The first kappa shape index (κ1) is 18.1. The minimum Gasteiger partial charge on any atom is -0.495 e. The van der Waals surface area contributed by atoms with E-state index in [1.54, 1.807) is 26.2 Å². The monoisotopic (exact) mass is 368 g/mol. The minimum atomic E-state index is -3.84. The van der Waals surface area contributed by atoms with Crippen LogP contribution in [-0.2, 0) is 10.0 Å². The summed E-state index contributed by atoms with van der Waals surface area (Å²) in [5, 5.41) is 0.375. The Labute approximate surface area is 146 Å². The Hall–Kier alpha value is -2.25. The number of sulfonamides is 1. The fraction of sp³-hybridized carbons (Fsp3) is 0.188. The van der Waals surface area contributed by atoms with Crippen LogP contribution in [0.15, 0.2) is 47.4 Å². The largest absolute Gasteiger partial charge is 0.495 e. The van der Waals surface area contributed by atoms with Gasteiger partial charge >= 0.3 is 0 Å². The van der Waals surface area contributed by atoms with E-state index in [0.717, 1.165) is 0 Å². The SMILES string of the molecule is COc1ccc(Cl)cc1NS(=O)(=O)c1ccc(C(=O)N(C)C)cc1. The molecule has 0 spiro atoms. The molecule has 0 unspecified atom stereocenters. The van der Waals surface area contributed by atoms with Gasteiger partial charge in [0.1, 0.15) is 5.75 Å². The molecule has 0 atom stereocenters. The van der Waals surface area contributed by atoms with E-state index in [1.165, 1.54) is 42.3 Å². The second-order valence-electron chi connectivity index (χ2n) is 5.17. The Bertz CT molecular complexity index is 849. The lowest BCUT2D eigenvalue weighted by molar-refractivity contribution is 0.0827. The van der Waals surface area contributed by atoms with Gasteiger partial charge < -0.3 is 9.64 Å². The summed E-state index contributed by atoms with van der Waals surface area (Å²) in [5.74, 6) is 0.144. The Morgan fingerprint density at radius 2 is 1.75 bits per heavy atom. The van der Waals surface area contributed by atoms with Gasteiger partial charge in [-0.05, 0) is 42.5 Å². The van der Waals surface area contributed by atoms with Crippen molar-refractivity contribution in [2.45, 2.75) is 4.90 Å². The van der Waals surface area contributed by atoms with E-state index in [1.807, 2.05) is 0 Å². The third-order valence-corrected chi connectivity index (χ3v) is 4.84. The van der Waals surface area contributed by atoms with Gasteiger partial charge in [0.05, 0.1) is 17.7 Å². The predicted molar refractivity (Wildman–Crippen MR) is 93.3 cm³/mol. The molecule has 0 heterocycles. The zero-order chi connectivity index (χ0) is 17.9. The highest BCUT2D eigenvalue weighted by Crippen LogP contribution is 2.29. The first-order chi connectivity index (χ1) is 11.2. The molecule has 0 aromatic heterocycles. The fourth-order valence-corrected chi connectivity index (χ4v) is 3.23. The van der Waals surface area contributed by atoms with Gasteiger partial charge in [0.15, 0.2) is 0 Å². The summed E-state index contributed by atoms with van der Waals surface area (Å²) in [5.41, 5.74) is 0.637. The van der Waals surface area contributed by atoms with E-state index in [9.17, 15) is 13.2 Å². The number of amides is 1. The average Bonchev–Trinajstić information content (AvgIpc) is 2.54. The third kappa shape index (κ3) is 3.98. The maximum atomic E-state index is 12.5. The lowest BCUT2D eigenvalue weighted by atomic mass is 10.2. The summed E-state index contributed by atoms with van der Waals surface area (Å²) in [6, 6.07) is 10.3. The highest BCUT2D eigenvalue weighted by Gasteiger charge is 2.18. The van der Waals surface area contributed by atoms with E-state index < -0.39 is 10.0 Å². The fourth-order valence-electron chi connectivity index (χ4n) is 2.00. The molecular formula is C16H17ClN2O4S. The van der Waals surface area contributed by atoms with Crippen LogP contribution >= 0.6 is 11.6 Å². The lowest BCUT2D eigenvalue weighted by Gasteiger charge is -2.13. The van der Waals surface area contributed by atoms with Gasteiger partial charge in [-0.3, -0.25) is 9.52 Å². The number of nitrogens with one attached hydrogen (secondary N) is 1. The number of nitrogens with zero attached hydrogens (tertiary/aromatic N) is 1. The second-order valence-corrected chi connectivity index (χ2v) is 7.29. The maximum absolute atomic E-state index is 12.5. The van der Waals surface area contributed by atoms with Crippen LogP contribution in [0.4, 0.5) is 5.69 Å². The number of anilines is 1. The molecule has 2 rings (SSSR count). The Balaban J connectivity index is 2.31. The zero-order valence-electron chi connectivity index (χ0n) is 13.4. The van der Waals surface area contributed by atoms with Crippen molar-refractivity contribution in [3.05, 3.63) is 53.1 Å². The van der Waals surface area contributed by atoms with Crippen LogP contribution in [0.5, 0.6) is 5.75 Å². The molecule has 0 fully saturated rings. The summed E-state index contributed by atoms with van der Waals surface area (Å²) in [7, 11) is 0.844. The van der Waals surface area contributed by atoms with Crippen LogP contribution in [0.25, 0.3) is 0 Å². The van der Waals surface area contributed by atoms with Gasteiger partial charge in [0, 0.05) is 24.7 Å². The van der Waals surface area contributed by atoms with E-state index >= 15 is 0 Å². The molecule has 24 heavy (non-hydrogen) atoms. The van der Waals surface area contributed by atoms with Gasteiger partial charge in [0.2, 0.25) is 0 Å². The number of rotatable bonds is 5. The van der Waals surface area contributed by atoms with Crippen LogP contribution in [-0.4, -0.2) is 40.4 Å². The summed E-state index contributed by atoms with van der Waals surface area (Å²) in [6.45, 7) is 0. The quantitative estimate of drug-likeness (QED) is 0.880. The molecule has 6 nitrogen and oxygen atoms in total. The number of carbonyl (C=O) groups is 1. The molecule has 0 radical (unpaired) electrons. The Morgan fingerprint density at radius 1 is 1.12 bits per heavy atom. The molecule has 2 aromatic carbocycles. The van der Waals surface area contributed by atoms with Gasteiger partial charge in [-0.15, -0.1) is 0 Å². The molecule has 1 N–H and O–H groups in total. The molecule has 128 valence electrons. The van der Waals surface area contributed by atoms with Crippen LogP contribution < -0.4 is 9.46 Å². The molecule has 2 aromatic rings. The highest BCUT2D eigenvalue weighted by molar-refractivity contribution is 7.92. The van der Waals surface area contributed by atoms with Gasteiger partial charge in [0.25, 0.3) is 15.9 Å². The van der Waals surface area contributed by atoms with Crippen molar-refractivity contribution in [3.63, 3.8) is 0 Å². The molecule has 1 amide bonds. The molecule has 0 saturated carbocycles. The van der Waals surface area contributed by atoms with Gasteiger partial charge in [-0.25, -0.2) is 8.42 Å². The van der Waals surface area contributed by atoms with Gasteiger partial charge in [-0.1, -0.05) is 11.6 Å². The smallest absolute Gasteiger partial charge is 0.262 e. The van der Waals surface area contributed by atoms with E-state index in [0.29, 0.717) is 16.3 Å². The number of carbonyl (C=O) groups excluding carboxylic acids is 1. The van der Waals surface area contributed by atoms with Crippen LogP contribution in [0.2, 0.25) is 5.02 Å².